The number of methoxy groups -OCH3 is 1. The van der Waals surface area contributed by atoms with Gasteiger partial charge in [-0.05, 0) is 55.2 Å². The number of hydrogen-bond donors (Lipinski definition) is 1. The van der Waals surface area contributed by atoms with Crippen LogP contribution in [0, 0.1) is 17.8 Å². The maximum atomic E-state index is 5.34. The van der Waals surface area contributed by atoms with Gasteiger partial charge in [0, 0.05) is 12.1 Å². The van der Waals surface area contributed by atoms with Gasteiger partial charge in [-0.15, -0.1) is 0 Å². The zero-order valence-corrected chi connectivity index (χ0v) is 14.2. The number of nitrogens with one attached hydrogen (secondary N) is 1. The standard InChI is InChI=1S/C19H31NO/c1-13(2)18-10-9-14(3)11-19(18)20-15(4)16-7-6-8-17(12-16)21-5/h6-8,12-15,18-20H,9-11H2,1-5H3/t14?,15-,18?,19?/m1/s1. The van der Waals surface area contributed by atoms with Gasteiger partial charge >= 0.3 is 0 Å². The second-order valence-electron chi connectivity index (χ2n) is 7.10. The van der Waals surface area contributed by atoms with E-state index in [0.717, 1.165) is 23.5 Å². The minimum Gasteiger partial charge on any atom is -0.497 e. The van der Waals surface area contributed by atoms with E-state index in [0.29, 0.717) is 12.1 Å². The molecule has 0 bridgehead atoms. The summed E-state index contributed by atoms with van der Waals surface area (Å²) in [6.07, 6.45) is 4.05. The Balaban J connectivity index is 2.06. The molecule has 0 heterocycles. The highest BCUT2D eigenvalue weighted by Crippen LogP contribution is 2.34. The van der Waals surface area contributed by atoms with Crippen LogP contribution in [0.1, 0.15) is 58.6 Å². The normalized spacial score (nSPS) is 27.6. The van der Waals surface area contributed by atoms with Crippen LogP contribution < -0.4 is 10.1 Å². The minimum absolute atomic E-state index is 0.372. The van der Waals surface area contributed by atoms with E-state index >= 15 is 0 Å². The van der Waals surface area contributed by atoms with E-state index in [9.17, 15) is 0 Å². The molecule has 0 radical (unpaired) electrons. The van der Waals surface area contributed by atoms with Crippen molar-refractivity contribution in [3.8, 4) is 5.75 Å². The molecule has 0 aromatic heterocycles. The van der Waals surface area contributed by atoms with Crippen molar-refractivity contribution in [3.63, 3.8) is 0 Å². The molecule has 0 spiro atoms. The van der Waals surface area contributed by atoms with Gasteiger partial charge in [0.1, 0.15) is 5.75 Å². The molecule has 2 heteroatoms. The summed E-state index contributed by atoms with van der Waals surface area (Å²) < 4.78 is 5.34. The fourth-order valence-corrected chi connectivity index (χ4v) is 3.72. The topological polar surface area (TPSA) is 21.3 Å². The number of ether oxygens (including phenoxy) is 1. The van der Waals surface area contributed by atoms with Crippen LogP contribution in [0.15, 0.2) is 24.3 Å². The van der Waals surface area contributed by atoms with Gasteiger partial charge in [0.15, 0.2) is 0 Å². The fourth-order valence-electron chi connectivity index (χ4n) is 3.72. The highest BCUT2D eigenvalue weighted by Gasteiger charge is 2.31. The summed E-state index contributed by atoms with van der Waals surface area (Å²) in [5, 5.41) is 3.89. The quantitative estimate of drug-likeness (QED) is 0.840. The van der Waals surface area contributed by atoms with Crippen molar-refractivity contribution >= 4 is 0 Å². The van der Waals surface area contributed by atoms with Gasteiger partial charge in [0.2, 0.25) is 0 Å². The number of rotatable bonds is 5. The Kier molecular flexibility index (Phi) is 5.69. The Hall–Kier alpha value is -1.02. The van der Waals surface area contributed by atoms with E-state index < -0.39 is 0 Å². The van der Waals surface area contributed by atoms with E-state index in [1.807, 2.05) is 6.07 Å². The van der Waals surface area contributed by atoms with Crippen LogP contribution in [0.25, 0.3) is 0 Å². The van der Waals surface area contributed by atoms with Crippen LogP contribution in [0.4, 0.5) is 0 Å². The summed E-state index contributed by atoms with van der Waals surface area (Å²) in [4.78, 5) is 0. The summed E-state index contributed by atoms with van der Waals surface area (Å²) in [6, 6.07) is 9.43. The summed E-state index contributed by atoms with van der Waals surface area (Å²) in [5.41, 5.74) is 1.31. The Morgan fingerprint density at radius 1 is 1.19 bits per heavy atom. The average molecular weight is 289 g/mol. The molecule has 1 aliphatic rings. The third kappa shape index (κ3) is 4.23. The third-order valence-corrected chi connectivity index (χ3v) is 5.08. The molecule has 1 saturated carbocycles. The Bertz CT molecular complexity index is 443. The van der Waals surface area contributed by atoms with Crippen LogP contribution in [0.2, 0.25) is 0 Å². The van der Waals surface area contributed by atoms with Crippen LogP contribution >= 0.6 is 0 Å². The second kappa shape index (κ2) is 7.31. The molecule has 1 fully saturated rings. The zero-order chi connectivity index (χ0) is 15.4. The lowest BCUT2D eigenvalue weighted by Crippen LogP contribution is -2.43. The summed E-state index contributed by atoms with van der Waals surface area (Å²) in [6.45, 7) is 9.39. The lowest BCUT2D eigenvalue weighted by Gasteiger charge is -2.39. The minimum atomic E-state index is 0.372. The molecule has 1 aliphatic carbocycles. The molecule has 0 saturated heterocycles. The molecule has 3 unspecified atom stereocenters. The van der Waals surface area contributed by atoms with Gasteiger partial charge < -0.3 is 10.1 Å². The summed E-state index contributed by atoms with van der Waals surface area (Å²) in [7, 11) is 1.73. The predicted octanol–water partition coefficient (Wildman–Crippen LogP) is 4.81. The molecule has 0 aliphatic heterocycles. The predicted molar refractivity (Wildman–Crippen MR) is 89.7 cm³/mol. The van der Waals surface area contributed by atoms with E-state index in [1.54, 1.807) is 7.11 Å². The molecular formula is C19H31NO. The first kappa shape index (κ1) is 16.4. The van der Waals surface area contributed by atoms with Gasteiger partial charge in [-0.1, -0.05) is 39.3 Å². The molecule has 2 nitrogen and oxygen atoms in total. The van der Waals surface area contributed by atoms with Gasteiger partial charge in [0.25, 0.3) is 0 Å². The van der Waals surface area contributed by atoms with Crippen molar-refractivity contribution in [2.75, 3.05) is 7.11 Å². The van der Waals surface area contributed by atoms with Crippen LogP contribution in [-0.4, -0.2) is 13.2 Å². The Morgan fingerprint density at radius 2 is 1.95 bits per heavy atom. The van der Waals surface area contributed by atoms with Crippen LogP contribution in [-0.2, 0) is 0 Å². The van der Waals surface area contributed by atoms with Crippen molar-refractivity contribution in [1.82, 2.24) is 5.32 Å². The van der Waals surface area contributed by atoms with Crippen molar-refractivity contribution in [2.45, 2.75) is 59.0 Å². The summed E-state index contributed by atoms with van der Waals surface area (Å²) in [5.74, 6) is 3.34. The lowest BCUT2D eigenvalue weighted by molar-refractivity contribution is 0.161. The van der Waals surface area contributed by atoms with E-state index in [4.69, 9.17) is 4.74 Å². The molecule has 1 aromatic rings. The van der Waals surface area contributed by atoms with Crippen molar-refractivity contribution in [3.05, 3.63) is 29.8 Å². The van der Waals surface area contributed by atoms with Crippen LogP contribution in [0.3, 0.4) is 0 Å². The van der Waals surface area contributed by atoms with Gasteiger partial charge in [-0.2, -0.15) is 0 Å². The van der Waals surface area contributed by atoms with Crippen LogP contribution in [0.5, 0.6) is 5.75 Å². The maximum Gasteiger partial charge on any atom is 0.119 e. The summed E-state index contributed by atoms with van der Waals surface area (Å²) >= 11 is 0. The molecule has 1 N–H and O–H groups in total. The molecule has 4 atom stereocenters. The Morgan fingerprint density at radius 3 is 2.62 bits per heavy atom. The highest BCUT2D eigenvalue weighted by molar-refractivity contribution is 5.30. The van der Waals surface area contributed by atoms with Crippen molar-refractivity contribution < 1.29 is 4.74 Å². The molecule has 2 rings (SSSR count). The molecule has 0 amide bonds. The number of hydrogen-bond acceptors (Lipinski definition) is 2. The number of benzene rings is 1. The smallest absolute Gasteiger partial charge is 0.119 e. The van der Waals surface area contributed by atoms with Gasteiger partial charge in [-0.25, -0.2) is 0 Å². The molecule has 21 heavy (non-hydrogen) atoms. The second-order valence-corrected chi connectivity index (χ2v) is 7.10. The molecular weight excluding hydrogens is 258 g/mol. The van der Waals surface area contributed by atoms with E-state index in [1.165, 1.54) is 24.8 Å². The first-order chi connectivity index (χ1) is 10.0. The highest BCUT2D eigenvalue weighted by atomic mass is 16.5. The Labute approximate surface area is 130 Å². The fraction of sp³-hybridized carbons (Fsp3) is 0.684. The first-order valence-corrected chi connectivity index (χ1v) is 8.41. The first-order valence-electron chi connectivity index (χ1n) is 8.41. The monoisotopic (exact) mass is 289 g/mol. The maximum absolute atomic E-state index is 5.34. The van der Waals surface area contributed by atoms with Crippen molar-refractivity contribution in [1.29, 1.82) is 0 Å². The van der Waals surface area contributed by atoms with E-state index in [2.05, 4.69) is 51.2 Å². The third-order valence-electron chi connectivity index (χ3n) is 5.08. The lowest BCUT2D eigenvalue weighted by atomic mass is 9.73. The van der Waals surface area contributed by atoms with Gasteiger partial charge in [-0.3, -0.25) is 0 Å². The zero-order valence-electron chi connectivity index (χ0n) is 14.2. The van der Waals surface area contributed by atoms with E-state index in [-0.39, 0.29) is 0 Å². The van der Waals surface area contributed by atoms with Gasteiger partial charge in [0.05, 0.1) is 7.11 Å². The molecule has 1 aromatic carbocycles. The SMILES string of the molecule is COc1cccc([C@@H](C)NC2CC(C)CCC2C(C)C)c1. The largest absolute Gasteiger partial charge is 0.497 e. The molecule has 118 valence electrons. The van der Waals surface area contributed by atoms with Crippen molar-refractivity contribution in [2.24, 2.45) is 17.8 Å². The average Bonchev–Trinajstić information content (AvgIpc) is 2.47.